The van der Waals surface area contributed by atoms with Crippen LogP contribution in [0.5, 0.6) is 5.75 Å². The van der Waals surface area contributed by atoms with Crippen LogP contribution in [0.1, 0.15) is 46.9 Å². The fourth-order valence-electron chi connectivity index (χ4n) is 5.20. The van der Waals surface area contributed by atoms with Crippen LogP contribution in [0.4, 0.5) is 13.2 Å². The molecule has 2 aliphatic heterocycles. The molecule has 2 aromatic heterocycles. The van der Waals surface area contributed by atoms with E-state index in [4.69, 9.17) is 4.98 Å². The van der Waals surface area contributed by atoms with Crippen molar-refractivity contribution in [3.63, 3.8) is 0 Å². The van der Waals surface area contributed by atoms with Crippen LogP contribution < -0.4 is 10.1 Å². The maximum atomic E-state index is 13.0. The number of pyridine rings is 1. The van der Waals surface area contributed by atoms with E-state index in [0.717, 1.165) is 59.6 Å². The van der Waals surface area contributed by atoms with Gasteiger partial charge in [-0.3, -0.25) is 4.79 Å². The minimum absolute atomic E-state index is 0.207. The number of amides is 1. The number of halogens is 3. The zero-order valence-corrected chi connectivity index (χ0v) is 20.3. The van der Waals surface area contributed by atoms with Gasteiger partial charge in [-0.1, -0.05) is 18.2 Å². The maximum Gasteiger partial charge on any atom is 0.573 e. The third-order valence-electron chi connectivity index (χ3n) is 7.07. The van der Waals surface area contributed by atoms with Crippen molar-refractivity contribution in [3.8, 4) is 5.75 Å². The van der Waals surface area contributed by atoms with Crippen molar-refractivity contribution >= 4 is 22.6 Å². The van der Waals surface area contributed by atoms with E-state index >= 15 is 0 Å². The number of aromatic amines is 1. The average molecular weight is 520 g/mol. The largest absolute Gasteiger partial charge is 0.573 e. The molecule has 38 heavy (non-hydrogen) atoms. The van der Waals surface area contributed by atoms with Crippen LogP contribution >= 0.6 is 0 Å². The van der Waals surface area contributed by atoms with Gasteiger partial charge in [-0.2, -0.15) is 0 Å². The van der Waals surface area contributed by atoms with Gasteiger partial charge in [-0.25, -0.2) is 9.97 Å². The Hall–Kier alpha value is -4.34. The number of rotatable bonds is 4. The Morgan fingerprint density at radius 3 is 2.58 bits per heavy atom. The van der Waals surface area contributed by atoms with Crippen molar-refractivity contribution in [1.82, 2.24) is 25.2 Å². The molecule has 0 spiro atoms. The molecule has 7 nitrogen and oxygen atoms in total. The lowest BCUT2D eigenvalue weighted by atomic mass is 9.89. The van der Waals surface area contributed by atoms with Gasteiger partial charge in [0.05, 0.1) is 5.52 Å². The summed E-state index contributed by atoms with van der Waals surface area (Å²) < 4.78 is 41.1. The van der Waals surface area contributed by atoms with Crippen molar-refractivity contribution in [3.05, 3.63) is 95.3 Å². The molecule has 2 N–H and O–H groups in total. The van der Waals surface area contributed by atoms with Crippen LogP contribution in [-0.2, 0) is 0 Å². The molecule has 3 aromatic rings. The monoisotopic (exact) mass is 519 g/mol. The summed E-state index contributed by atoms with van der Waals surface area (Å²) in [6.45, 7) is 1.08. The number of allylic oxidation sites excluding steroid dienone is 6. The molecule has 194 valence electrons. The van der Waals surface area contributed by atoms with Gasteiger partial charge in [0.2, 0.25) is 0 Å². The van der Waals surface area contributed by atoms with Crippen LogP contribution in [0, 0.1) is 0 Å². The molecule has 1 saturated heterocycles. The zero-order valence-electron chi connectivity index (χ0n) is 20.3. The molecule has 3 aliphatic rings. The number of hydrogen-bond donors (Lipinski definition) is 2. The van der Waals surface area contributed by atoms with Gasteiger partial charge < -0.3 is 19.9 Å². The standard InChI is InChI=1S/C28H24F3N5O2/c29-28(30,31)38-21-7-5-18(6-8-21)27(37)36-13-10-17(11-14-36)22-9-12-32-26-24(22)34-25(35-26)23-16-33-20-4-2-1-3-19(23)15-20/h1-9,12,16-17,33H,10-11,13-15H2,(H,32,34,35). The third kappa shape index (κ3) is 4.81. The van der Waals surface area contributed by atoms with E-state index in [-0.39, 0.29) is 17.6 Å². The summed E-state index contributed by atoms with van der Waals surface area (Å²) in [6.07, 6.45) is 9.48. The van der Waals surface area contributed by atoms with Gasteiger partial charge in [0.1, 0.15) is 11.6 Å². The van der Waals surface area contributed by atoms with Crippen LogP contribution in [-0.4, -0.2) is 45.2 Å². The van der Waals surface area contributed by atoms with E-state index in [9.17, 15) is 18.0 Å². The average Bonchev–Trinajstić information content (AvgIpc) is 3.26. The Labute approximate surface area is 216 Å². The van der Waals surface area contributed by atoms with Crippen molar-refractivity contribution in [1.29, 1.82) is 0 Å². The summed E-state index contributed by atoms with van der Waals surface area (Å²) in [5.41, 5.74) is 6.32. The molecule has 0 atom stereocenters. The first-order valence-electron chi connectivity index (χ1n) is 12.4. The van der Waals surface area contributed by atoms with Crippen LogP contribution in [0.15, 0.2) is 78.3 Å². The predicted molar refractivity (Wildman–Crippen MR) is 136 cm³/mol. The first-order chi connectivity index (χ1) is 18.3. The van der Waals surface area contributed by atoms with Gasteiger partial charge in [0.15, 0.2) is 5.65 Å². The second kappa shape index (κ2) is 9.51. The van der Waals surface area contributed by atoms with Gasteiger partial charge in [-0.15, -0.1) is 13.2 Å². The first-order valence-corrected chi connectivity index (χ1v) is 12.4. The van der Waals surface area contributed by atoms with Crippen molar-refractivity contribution in [2.75, 3.05) is 13.1 Å². The van der Waals surface area contributed by atoms with Gasteiger partial charge in [0, 0.05) is 48.7 Å². The van der Waals surface area contributed by atoms with Crippen LogP contribution in [0.25, 0.3) is 16.7 Å². The molecule has 1 fully saturated rings. The number of ether oxygens (including phenoxy) is 1. The lowest BCUT2D eigenvalue weighted by Gasteiger charge is -2.32. The fraction of sp³-hybridized carbons (Fsp3) is 0.250. The Balaban J connectivity index is 1.16. The zero-order chi connectivity index (χ0) is 26.3. The number of nitrogens with zero attached hydrogens (tertiary/aromatic N) is 3. The summed E-state index contributed by atoms with van der Waals surface area (Å²) >= 11 is 0. The number of imidazole rings is 1. The number of alkyl halides is 3. The Kier molecular flexibility index (Phi) is 6.01. The topological polar surface area (TPSA) is 83.1 Å². The van der Waals surface area contributed by atoms with E-state index in [1.54, 1.807) is 11.1 Å². The molecule has 2 bridgehead atoms. The first kappa shape index (κ1) is 24.0. The Bertz CT molecular complexity index is 1510. The molecule has 0 unspecified atom stereocenters. The third-order valence-corrected chi connectivity index (χ3v) is 7.07. The molecule has 1 aromatic carbocycles. The molecule has 10 heteroatoms. The van der Waals surface area contributed by atoms with E-state index in [1.807, 2.05) is 24.4 Å². The molecule has 0 saturated carbocycles. The van der Waals surface area contributed by atoms with Crippen molar-refractivity contribution < 1.29 is 22.7 Å². The molecular formula is C28H24F3N5O2. The number of aromatic nitrogens is 3. The van der Waals surface area contributed by atoms with Gasteiger partial charge in [-0.05, 0) is 66.3 Å². The Morgan fingerprint density at radius 1 is 1.05 bits per heavy atom. The SMILES string of the molecule is O=C(c1ccc(OC(F)(F)F)cc1)N1CCC(c2ccnc3nc(C4=CNC5=CC=CC=C4C5)[nH]c23)CC1. The number of benzene rings is 1. The normalized spacial score (nSPS) is 17.9. The summed E-state index contributed by atoms with van der Waals surface area (Å²) in [7, 11) is 0. The minimum Gasteiger partial charge on any atom is -0.406 e. The summed E-state index contributed by atoms with van der Waals surface area (Å²) in [5.74, 6) is 0.422. The highest BCUT2D eigenvalue weighted by molar-refractivity contribution is 5.94. The molecule has 1 amide bonds. The number of hydrogen-bond acceptors (Lipinski definition) is 5. The number of piperidine rings is 1. The number of likely N-dealkylation sites (tertiary alicyclic amines) is 1. The Morgan fingerprint density at radius 2 is 1.82 bits per heavy atom. The number of H-pyrrole nitrogens is 1. The predicted octanol–water partition coefficient (Wildman–Crippen LogP) is 5.59. The number of carbonyl (C=O) groups is 1. The molecule has 0 radical (unpaired) electrons. The number of nitrogens with one attached hydrogen (secondary N) is 2. The summed E-state index contributed by atoms with van der Waals surface area (Å²) in [5, 5.41) is 3.34. The number of fused-ring (bicyclic) bond motifs is 3. The summed E-state index contributed by atoms with van der Waals surface area (Å²) in [6, 6.07) is 7.05. The van der Waals surface area contributed by atoms with E-state index in [1.165, 1.54) is 17.7 Å². The highest BCUT2D eigenvalue weighted by Gasteiger charge is 2.31. The quantitative estimate of drug-likeness (QED) is 0.470. The second-order valence-electron chi connectivity index (χ2n) is 9.47. The smallest absolute Gasteiger partial charge is 0.406 e. The van der Waals surface area contributed by atoms with Crippen LogP contribution in [0.3, 0.4) is 0 Å². The van der Waals surface area contributed by atoms with Gasteiger partial charge in [0.25, 0.3) is 5.91 Å². The van der Waals surface area contributed by atoms with Crippen molar-refractivity contribution in [2.45, 2.75) is 31.5 Å². The fourth-order valence-corrected chi connectivity index (χ4v) is 5.20. The van der Waals surface area contributed by atoms with Crippen molar-refractivity contribution in [2.24, 2.45) is 0 Å². The van der Waals surface area contributed by atoms with Crippen LogP contribution in [0.2, 0.25) is 0 Å². The highest BCUT2D eigenvalue weighted by atomic mass is 19.4. The minimum atomic E-state index is -4.77. The van der Waals surface area contributed by atoms with E-state index < -0.39 is 6.36 Å². The maximum absolute atomic E-state index is 13.0. The lowest BCUT2D eigenvalue weighted by Crippen LogP contribution is -2.38. The second-order valence-corrected chi connectivity index (χ2v) is 9.47. The highest BCUT2D eigenvalue weighted by Crippen LogP contribution is 2.35. The summed E-state index contributed by atoms with van der Waals surface area (Å²) in [4.78, 5) is 27.4. The van der Waals surface area contributed by atoms with E-state index in [2.05, 4.69) is 32.2 Å². The molecule has 1 aliphatic carbocycles. The van der Waals surface area contributed by atoms with E-state index in [0.29, 0.717) is 24.3 Å². The molecule has 6 rings (SSSR count). The molecule has 4 heterocycles. The van der Waals surface area contributed by atoms with Gasteiger partial charge >= 0.3 is 6.36 Å². The molecular weight excluding hydrogens is 495 g/mol. The number of carbonyl (C=O) groups excluding carboxylic acids is 1. The lowest BCUT2D eigenvalue weighted by molar-refractivity contribution is -0.274.